The van der Waals surface area contributed by atoms with Crippen molar-refractivity contribution in [1.82, 2.24) is 4.90 Å². The second-order valence-corrected chi connectivity index (χ2v) is 6.55. The molecule has 2 aliphatic rings. The van der Waals surface area contributed by atoms with E-state index in [1.165, 1.54) is 5.57 Å². The Morgan fingerprint density at radius 3 is 2.68 bits per heavy atom. The molecule has 122 valence electrons. The molecule has 0 aromatic carbocycles. The zero-order chi connectivity index (χ0) is 16.2. The first-order valence-corrected chi connectivity index (χ1v) is 7.93. The SMILES string of the molecule is CCOC1=CCC(C2=CCN(C(=O)OC(C)(C)C)CC2)C=N1. The van der Waals surface area contributed by atoms with Gasteiger partial charge in [-0.1, -0.05) is 11.6 Å². The Bertz CT molecular complexity index is 501. The number of hydrogen-bond acceptors (Lipinski definition) is 4. The summed E-state index contributed by atoms with van der Waals surface area (Å²) in [5.74, 6) is 1.04. The number of carbonyl (C=O) groups excluding carboxylic acids is 1. The minimum Gasteiger partial charge on any atom is -0.478 e. The highest BCUT2D eigenvalue weighted by atomic mass is 16.6. The summed E-state index contributed by atoms with van der Waals surface area (Å²) in [7, 11) is 0. The Hall–Kier alpha value is -1.78. The van der Waals surface area contributed by atoms with Gasteiger partial charge in [0.05, 0.1) is 6.61 Å². The maximum Gasteiger partial charge on any atom is 0.410 e. The van der Waals surface area contributed by atoms with E-state index in [1.54, 1.807) is 4.90 Å². The van der Waals surface area contributed by atoms with Crippen LogP contribution in [0.2, 0.25) is 0 Å². The van der Waals surface area contributed by atoms with Gasteiger partial charge >= 0.3 is 6.09 Å². The third-order valence-electron chi connectivity index (χ3n) is 3.59. The number of ether oxygens (including phenoxy) is 2. The number of carbonyl (C=O) groups is 1. The van der Waals surface area contributed by atoms with Crippen LogP contribution >= 0.6 is 0 Å². The van der Waals surface area contributed by atoms with Gasteiger partial charge in [-0.3, -0.25) is 0 Å². The summed E-state index contributed by atoms with van der Waals surface area (Å²) >= 11 is 0. The molecule has 0 saturated heterocycles. The van der Waals surface area contributed by atoms with Gasteiger partial charge in [0.25, 0.3) is 0 Å². The lowest BCUT2D eigenvalue weighted by atomic mass is 9.91. The third kappa shape index (κ3) is 4.61. The van der Waals surface area contributed by atoms with Crippen LogP contribution in [0.5, 0.6) is 0 Å². The number of amides is 1. The molecule has 0 aromatic heterocycles. The zero-order valence-electron chi connectivity index (χ0n) is 14.0. The quantitative estimate of drug-likeness (QED) is 0.750. The van der Waals surface area contributed by atoms with E-state index in [9.17, 15) is 4.79 Å². The molecule has 1 atom stereocenters. The van der Waals surface area contributed by atoms with Crippen molar-refractivity contribution in [2.24, 2.45) is 10.9 Å². The topological polar surface area (TPSA) is 51.1 Å². The van der Waals surface area contributed by atoms with Crippen molar-refractivity contribution in [3.8, 4) is 0 Å². The molecule has 0 aliphatic carbocycles. The summed E-state index contributed by atoms with van der Waals surface area (Å²) in [4.78, 5) is 18.1. The summed E-state index contributed by atoms with van der Waals surface area (Å²) in [6.45, 7) is 9.56. The van der Waals surface area contributed by atoms with Crippen molar-refractivity contribution < 1.29 is 14.3 Å². The number of rotatable bonds is 3. The van der Waals surface area contributed by atoms with Crippen LogP contribution in [-0.2, 0) is 9.47 Å². The molecular formula is C17H26N2O3. The van der Waals surface area contributed by atoms with Crippen molar-refractivity contribution in [1.29, 1.82) is 0 Å². The molecule has 2 rings (SSSR count). The van der Waals surface area contributed by atoms with Gasteiger partial charge in [0.2, 0.25) is 5.88 Å². The van der Waals surface area contributed by atoms with E-state index in [2.05, 4.69) is 11.1 Å². The lowest BCUT2D eigenvalue weighted by Gasteiger charge is -2.31. The highest BCUT2D eigenvalue weighted by Crippen LogP contribution is 2.26. The van der Waals surface area contributed by atoms with Gasteiger partial charge < -0.3 is 14.4 Å². The molecule has 2 heterocycles. The van der Waals surface area contributed by atoms with Gasteiger partial charge in [-0.2, -0.15) is 0 Å². The molecule has 2 aliphatic heterocycles. The molecule has 0 fully saturated rings. The Morgan fingerprint density at radius 1 is 1.41 bits per heavy atom. The average Bonchev–Trinajstić information content (AvgIpc) is 2.47. The van der Waals surface area contributed by atoms with Gasteiger partial charge in [0, 0.05) is 25.2 Å². The monoisotopic (exact) mass is 306 g/mol. The maximum atomic E-state index is 12.0. The number of hydrogen-bond donors (Lipinski definition) is 0. The fourth-order valence-corrected chi connectivity index (χ4v) is 2.51. The molecule has 0 saturated carbocycles. The fraction of sp³-hybridized carbons (Fsp3) is 0.647. The van der Waals surface area contributed by atoms with Crippen molar-refractivity contribution in [3.63, 3.8) is 0 Å². The molecule has 0 radical (unpaired) electrons. The molecular weight excluding hydrogens is 280 g/mol. The summed E-state index contributed by atoms with van der Waals surface area (Å²) in [5.41, 5.74) is 0.896. The molecule has 0 spiro atoms. The van der Waals surface area contributed by atoms with Crippen molar-refractivity contribution in [2.75, 3.05) is 19.7 Å². The number of allylic oxidation sites excluding steroid dienone is 1. The molecule has 5 nitrogen and oxygen atoms in total. The second kappa shape index (κ2) is 6.99. The zero-order valence-corrected chi connectivity index (χ0v) is 14.0. The molecule has 0 N–H and O–H groups in total. The minimum absolute atomic E-state index is 0.237. The Morgan fingerprint density at radius 2 is 2.18 bits per heavy atom. The largest absolute Gasteiger partial charge is 0.478 e. The summed E-state index contributed by atoms with van der Waals surface area (Å²) in [5, 5.41) is 0. The van der Waals surface area contributed by atoms with Gasteiger partial charge in [0.1, 0.15) is 5.60 Å². The molecule has 1 unspecified atom stereocenters. The van der Waals surface area contributed by atoms with Crippen LogP contribution in [0.4, 0.5) is 4.79 Å². The van der Waals surface area contributed by atoms with E-state index in [0.29, 0.717) is 31.5 Å². The minimum atomic E-state index is -0.447. The molecule has 1 amide bonds. The third-order valence-corrected chi connectivity index (χ3v) is 3.59. The van der Waals surface area contributed by atoms with E-state index < -0.39 is 5.60 Å². The fourth-order valence-electron chi connectivity index (χ4n) is 2.51. The van der Waals surface area contributed by atoms with Crippen molar-refractivity contribution in [2.45, 2.75) is 46.1 Å². The first kappa shape index (κ1) is 16.6. The van der Waals surface area contributed by atoms with Crippen LogP contribution in [0, 0.1) is 5.92 Å². The van der Waals surface area contributed by atoms with E-state index in [0.717, 1.165) is 12.8 Å². The highest BCUT2D eigenvalue weighted by Gasteiger charge is 2.25. The van der Waals surface area contributed by atoms with Crippen LogP contribution in [0.15, 0.2) is 28.6 Å². The van der Waals surface area contributed by atoms with Gasteiger partial charge in [-0.05, 0) is 46.6 Å². The highest BCUT2D eigenvalue weighted by molar-refractivity contribution is 5.70. The molecule has 22 heavy (non-hydrogen) atoms. The summed E-state index contributed by atoms with van der Waals surface area (Å²) in [6.07, 6.45) is 7.67. The lowest BCUT2D eigenvalue weighted by Crippen LogP contribution is -2.39. The van der Waals surface area contributed by atoms with Crippen LogP contribution in [-0.4, -0.2) is 42.5 Å². The normalized spacial score (nSPS) is 22.0. The van der Waals surface area contributed by atoms with Gasteiger partial charge in [0.15, 0.2) is 0 Å². The van der Waals surface area contributed by atoms with Crippen LogP contribution in [0.3, 0.4) is 0 Å². The summed E-state index contributed by atoms with van der Waals surface area (Å²) < 4.78 is 10.8. The Balaban J connectivity index is 1.88. The van der Waals surface area contributed by atoms with Crippen molar-refractivity contribution >= 4 is 12.3 Å². The van der Waals surface area contributed by atoms with Gasteiger partial charge in [-0.25, -0.2) is 9.79 Å². The standard InChI is InChI=1S/C17H26N2O3/c1-5-21-15-7-6-14(12-18-15)13-8-10-19(11-9-13)16(20)22-17(2,3)4/h7-8,12,14H,5-6,9-11H2,1-4H3. The second-order valence-electron chi connectivity index (χ2n) is 6.55. The predicted molar refractivity (Wildman–Crippen MR) is 86.8 cm³/mol. The number of nitrogens with zero attached hydrogens (tertiary/aromatic N) is 2. The van der Waals surface area contributed by atoms with Crippen LogP contribution < -0.4 is 0 Å². The Labute approximate surface area is 132 Å². The van der Waals surface area contributed by atoms with Crippen LogP contribution in [0.1, 0.15) is 40.5 Å². The average molecular weight is 306 g/mol. The molecule has 0 bridgehead atoms. The predicted octanol–water partition coefficient (Wildman–Crippen LogP) is 3.52. The van der Waals surface area contributed by atoms with E-state index in [4.69, 9.17) is 9.47 Å². The summed E-state index contributed by atoms with van der Waals surface area (Å²) in [6, 6.07) is 0. The van der Waals surface area contributed by atoms with Crippen molar-refractivity contribution in [3.05, 3.63) is 23.6 Å². The lowest BCUT2D eigenvalue weighted by molar-refractivity contribution is 0.0264. The molecule has 0 aromatic rings. The number of aliphatic imine (C=N–C) groups is 1. The van der Waals surface area contributed by atoms with E-state index in [1.807, 2.05) is 40.0 Å². The first-order valence-electron chi connectivity index (χ1n) is 7.93. The van der Waals surface area contributed by atoms with Crippen LogP contribution in [0.25, 0.3) is 0 Å². The van der Waals surface area contributed by atoms with E-state index >= 15 is 0 Å². The van der Waals surface area contributed by atoms with E-state index in [-0.39, 0.29) is 6.09 Å². The van der Waals surface area contributed by atoms with Gasteiger partial charge in [-0.15, -0.1) is 0 Å². The Kier molecular flexibility index (Phi) is 5.27. The smallest absolute Gasteiger partial charge is 0.410 e. The maximum absolute atomic E-state index is 12.0. The molecule has 5 heteroatoms. The first-order chi connectivity index (χ1) is 10.4.